The lowest BCUT2D eigenvalue weighted by atomic mass is 10.0. The molecule has 0 saturated carbocycles. The van der Waals surface area contributed by atoms with Crippen molar-refractivity contribution in [3.8, 4) is 0 Å². The number of aryl methyl sites for hydroxylation is 2. The Morgan fingerprint density at radius 2 is 1.16 bits per heavy atom. The van der Waals surface area contributed by atoms with Crippen LogP contribution in [0.25, 0.3) is 0 Å². The summed E-state index contributed by atoms with van der Waals surface area (Å²) in [7, 11) is 1.76. The zero-order valence-corrected chi connectivity index (χ0v) is 22.1. The van der Waals surface area contributed by atoms with Crippen LogP contribution < -0.4 is 0 Å². The first-order valence-electron chi connectivity index (χ1n) is 13.2. The average molecular weight is 441 g/mol. The van der Waals surface area contributed by atoms with Crippen molar-refractivity contribution in [3.05, 3.63) is 71.8 Å². The summed E-state index contributed by atoms with van der Waals surface area (Å²) < 4.78 is 5.17. The van der Waals surface area contributed by atoms with Gasteiger partial charge in [-0.1, -0.05) is 133 Å². The summed E-state index contributed by atoms with van der Waals surface area (Å²) in [6.45, 7) is 11.2. The van der Waals surface area contributed by atoms with Gasteiger partial charge in [0.2, 0.25) is 0 Å². The van der Waals surface area contributed by atoms with Gasteiger partial charge >= 0.3 is 0 Å². The highest BCUT2D eigenvalue weighted by Gasteiger charge is 1.99. The molecule has 0 N–H and O–H groups in total. The highest BCUT2D eigenvalue weighted by Crippen LogP contribution is 2.12. The van der Waals surface area contributed by atoms with Crippen molar-refractivity contribution >= 4 is 0 Å². The number of rotatable bonds is 13. The second-order valence-corrected chi connectivity index (χ2v) is 9.02. The van der Waals surface area contributed by atoms with E-state index in [0.29, 0.717) is 6.10 Å². The van der Waals surface area contributed by atoms with E-state index >= 15 is 0 Å². The monoisotopic (exact) mass is 440 g/mol. The van der Waals surface area contributed by atoms with Gasteiger partial charge in [-0.05, 0) is 49.7 Å². The lowest BCUT2D eigenvalue weighted by molar-refractivity contribution is 0.111. The van der Waals surface area contributed by atoms with Gasteiger partial charge in [-0.25, -0.2) is 0 Å². The number of ether oxygens (including phenoxy) is 1. The van der Waals surface area contributed by atoms with Crippen LogP contribution in [-0.4, -0.2) is 13.2 Å². The van der Waals surface area contributed by atoms with Gasteiger partial charge in [0.25, 0.3) is 0 Å². The molecule has 2 atom stereocenters. The molecule has 2 unspecified atom stereocenters. The van der Waals surface area contributed by atoms with Crippen LogP contribution >= 0.6 is 0 Å². The molecule has 1 heteroatoms. The largest absolute Gasteiger partial charge is 0.382 e. The molecule has 0 amide bonds. The van der Waals surface area contributed by atoms with Gasteiger partial charge in [-0.2, -0.15) is 0 Å². The normalized spacial score (nSPS) is 12.1. The van der Waals surface area contributed by atoms with Gasteiger partial charge in [0.1, 0.15) is 0 Å². The third-order valence-corrected chi connectivity index (χ3v) is 5.99. The topological polar surface area (TPSA) is 9.23 Å². The Kier molecular flexibility index (Phi) is 21.5. The van der Waals surface area contributed by atoms with Crippen molar-refractivity contribution in [2.75, 3.05) is 7.11 Å². The maximum atomic E-state index is 5.17. The smallest absolute Gasteiger partial charge is 0.0546 e. The molecular weight excluding hydrogens is 388 g/mol. The van der Waals surface area contributed by atoms with Crippen molar-refractivity contribution in [2.24, 2.45) is 5.92 Å². The minimum atomic E-state index is 0.366. The van der Waals surface area contributed by atoms with Gasteiger partial charge in [0.05, 0.1) is 6.10 Å². The Balaban J connectivity index is 0.000000454. The second-order valence-electron chi connectivity index (χ2n) is 9.02. The number of hydrogen-bond donors (Lipinski definition) is 0. The van der Waals surface area contributed by atoms with Gasteiger partial charge in [0.15, 0.2) is 0 Å². The Bertz CT molecular complexity index is 592. The summed E-state index contributed by atoms with van der Waals surface area (Å²) in [4.78, 5) is 0. The molecular formula is C31H52O. The van der Waals surface area contributed by atoms with Gasteiger partial charge in [-0.15, -0.1) is 0 Å². The zero-order valence-electron chi connectivity index (χ0n) is 22.1. The van der Waals surface area contributed by atoms with Crippen LogP contribution in [0.5, 0.6) is 0 Å². The van der Waals surface area contributed by atoms with E-state index in [9.17, 15) is 0 Å². The fourth-order valence-electron chi connectivity index (χ4n) is 3.28. The molecule has 2 rings (SSSR count). The quantitative estimate of drug-likeness (QED) is 0.282. The molecule has 0 aromatic heterocycles. The Hall–Kier alpha value is -1.60. The van der Waals surface area contributed by atoms with Crippen molar-refractivity contribution in [1.29, 1.82) is 0 Å². The van der Waals surface area contributed by atoms with E-state index in [-0.39, 0.29) is 0 Å². The van der Waals surface area contributed by atoms with E-state index < -0.39 is 0 Å². The zero-order chi connectivity index (χ0) is 23.9. The minimum absolute atomic E-state index is 0.366. The molecule has 1 nitrogen and oxygen atoms in total. The third-order valence-electron chi connectivity index (χ3n) is 5.99. The molecule has 182 valence electrons. The molecule has 0 aliphatic carbocycles. The predicted octanol–water partition coefficient (Wildman–Crippen LogP) is 9.69. The number of hydrogen-bond acceptors (Lipinski definition) is 1. The number of unbranched alkanes of at least 4 members (excludes halogenated alkanes) is 4. The van der Waals surface area contributed by atoms with E-state index in [1.165, 1.54) is 68.9 Å². The molecule has 0 bridgehead atoms. The lowest BCUT2D eigenvalue weighted by Crippen LogP contribution is -2.05. The first kappa shape index (κ1) is 30.4. The first-order valence-corrected chi connectivity index (χ1v) is 13.2. The molecule has 0 radical (unpaired) electrons. The van der Waals surface area contributed by atoms with E-state index in [0.717, 1.165) is 18.8 Å². The second kappa shape index (κ2) is 22.6. The third kappa shape index (κ3) is 19.1. The Morgan fingerprint density at radius 3 is 1.62 bits per heavy atom. The van der Waals surface area contributed by atoms with E-state index in [1.807, 2.05) is 6.07 Å². The highest BCUT2D eigenvalue weighted by molar-refractivity contribution is 5.15. The van der Waals surface area contributed by atoms with Crippen molar-refractivity contribution in [1.82, 2.24) is 0 Å². The summed E-state index contributed by atoms with van der Waals surface area (Å²) in [5.41, 5.74) is 2.85. The minimum Gasteiger partial charge on any atom is -0.382 e. The summed E-state index contributed by atoms with van der Waals surface area (Å²) in [6, 6.07) is 21.2. The van der Waals surface area contributed by atoms with Crippen LogP contribution in [-0.2, 0) is 17.6 Å². The number of methoxy groups -OCH3 is 1. The fourth-order valence-corrected chi connectivity index (χ4v) is 3.28. The molecule has 32 heavy (non-hydrogen) atoms. The van der Waals surface area contributed by atoms with Gasteiger partial charge in [0, 0.05) is 7.11 Å². The SMILES string of the molecule is CCCCCCC(C)CC.CCCCc1ccccc1.COC(C)CCc1ccccc1. The van der Waals surface area contributed by atoms with Crippen LogP contribution in [0.15, 0.2) is 60.7 Å². The van der Waals surface area contributed by atoms with Crippen LogP contribution in [0, 0.1) is 5.92 Å². The van der Waals surface area contributed by atoms with Gasteiger partial charge in [-0.3, -0.25) is 0 Å². The van der Waals surface area contributed by atoms with Gasteiger partial charge < -0.3 is 4.74 Å². The van der Waals surface area contributed by atoms with E-state index in [2.05, 4.69) is 89.2 Å². The van der Waals surface area contributed by atoms with Crippen LogP contribution in [0.2, 0.25) is 0 Å². The standard InChI is InChI=1S/C11H16O.C10H14.C10H22/c1-10(12-2)8-9-11-6-4-3-5-7-11;1-2-3-7-10-8-5-4-6-9-10;1-4-6-7-8-9-10(3)5-2/h3-7,10H,8-9H2,1-2H3;4-6,8-9H,2-3,7H2,1H3;10H,4-9H2,1-3H3. The molecule has 0 aliphatic heterocycles. The first-order chi connectivity index (χ1) is 15.6. The molecule has 0 fully saturated rings. The highest BCUT2D eigenvalue weighted by atomic mass is 16.5. The summed E-state index contributed by atoms with van der Waals surface area (Å²) >= 11 is 0. The summed E-state index contributed by atoms with van der Waals surface area (Å²) in [5, 5.41) is 0. The molecule has 0 aliphatic rings. The van der Waals surface area contributed by atoms with E-state index in [4.69, 9.17) is 4.74 Å². The molecule has 0 heterocycles. The van der Waals surface area contributed by atoms with Crippen LogP contribution in [0.3, 0.4) is 0 Å². The lowest BCUT2D eigenvalue weighted by Gasteiger charge is -2.08. The average Bonchev–Trinajstić information content (AvgIpc) is 2.85. The molecule has 0 spiro atoms. The summed E-state index contributed by atoms with van der Waals surface area (Å²) in [6.07, 6.45) is 14.9. The number of benzene rings is 2. The van der Waals surface area contributed by atoms with Crippen LogP contribution in [0.1, 0.15) is 104 Å². The van der Waals surface area contributed by atoms with Crippen molar-refractivity contribution in [3.63, 3.8) is 0 Å². The van der Waals surface area contributed by atoms with E-state index in [1.54, 1.807) is 7.11 Å². The molecule has 2 aromatic carbocycles. The van der Waals surface area contributed by atoms with Crippen molar-refractivity contribution < 1.29 is 4.74 Å². The Morgan fingerprint density at radius 1 is 0.625 bits per heavy atom. The maximum absolute atomic E-state index is 5.17. The van der Waals surface area contributed by atoms with Crippen LogP contribution in [0.4, 0.5) is 0 Å². The predicted molar refractivity (Wildman–Crippen MR) is 145 cm³/mol. The Labute approximate surface area is 201 Å². The summed E-state index contributed by atoms with van der Waals surface area (Å²) in [5.74, 6) is 0.955. The molecule has 0 saturated heterocycles. The maximum Gasteiger partial charge on any atom is 0.0546 e. The molecule has 2 aromatic rings. The van der Waals surface area contributed by atoms with Crippen molar-refractivity contribution in [2.45, 2.75) is 111 Å². The fraction of sp³-hybridized carbons (Fsp3) is 0.613.